The van der Waals surface area contributed by atoms with Crippen LogP contribution >= 0.6 is 0 Å². The van der Waals surface area contributed by atoms with Gasteiger partial charge in [0.1, 0.15) is 5.78 Å². The Hall–Kier alpha value is -1.36. The number of sulfonamides is 1. The van der Waals surface area contributed by atoms with Gasteiger partial charge in [-0.25, -0.2) is 8.42 Å². The van der Waals surface area contributed by atoms with Gasteiger partial charge in [0.15, 0.2) is 0 Å². The third-order valence-electron chi connectivity index (χ3n) is 7.01. The Morgan fingerprint density at radius 2 is 1.92 bits per heavy atom. The van der Waals surface area contributed by atoms with E-state index in [-0.39, 0.29) is 23.0 Å². The van der Waals surface area contributed by atoms with Gasteiger partial charge in [0, 0.05) is 12.5 Å². The number of Topliss-reactive ketones (excluding diaryl/α,β-unsaturated/α-hetero) is 1. The number of hydrogen-bond donors (Lipinski definition) is 0. The second-order valence-electron chi connectivity index (χ2n) is 8.40. The number of carbonyl (C=O) groups excluding carboxylic acids is 1. The monoisotopic (exact) mass is 347 g/mol. The van der Waals surface area contributed by atoms with Gasteiger partial charge in [-0.15, -0.1) is 0 Å². The lowest BCUT2D eigenvalue weighted by molar-refractivity contribution is -0.128. The molecule has 2 saturated carbocycles. The third kappa shape index (κ3) is 1.91. The van der Waals surface area contributed by atoms with Crippen LogP contribution in [0.15, 0.2) is 24.3 Å². The number of ketones is 1. The molecule has 2 aliphatic carbocycles. The molecule has 0 unspecified atom stereocenters. The van der Waals surface area contributed by atoms with Crippen molar-refractivity contribution in [2.75, 3.05) is 10.1 Å². The minimum absolute atomic E-state index is 0.0407. The highest BCUT2D eigenvalue weighted by Gasteiger charge is 2.65. The highest BCUT2D eigenvalue weighted by molar-refractivity contribution is 7.92. The zero-order valence-electron chi connectivity index (χ0n) is 14.6. The molecule has 0 spiro atoms. The van der Waals surface area contributed by atoms with Gasteiger partial charge in [0.25, 0.3) is 0 Å². The van der Waals surface area contributed by atoms with E-state index in [1.807, 2.05) is 31.2 Å². The van der Waals surface area contributed by atoms with Crippen molar-refractivity contribution >= 4 is 21.5 Å². The van der Waals surface area contributed by atoms with E-state index >= 15 is 0 Å². The van der Waals surface area contributed by atoms with Crippen molar-refractivity contribution in [3.8, 4) is 0 Å². The van der Waals surface area contributed by atoms with Crippen LogP contribution in [0, 0.1) is 16.7 Å². The second kappa shape index (κ2) is 4.84. The summed E-state index contributed by atoms with van der Waals surface area (Å²) in [6, 6.07) is 7.63. The summed E-state index contributed by atoms with van der Waals surface area (Å²) in [6.07, 6.45) is 2.98. The van der Waals surface area contributed by atoms with Crippen LogP contribution in [0.25, 0.3) is 0 Å². The Bertz CT molecular complexity index is 814. The summed E-state index contributed by atoms with van der Waals surface area (Å²) < 4.78 is 28.3. The normalized spacial score (nSPS) is 34.0. The first-order chi connectivity index (χ1) is 11.2. The predicted molar refractivity (Wildman–Crippen MR) is 94.4 cm³/mol. The number of para-hydroxylation sites is 1. The van der Waals surface area contributed by atoms with Crippen LogP contribution in [0.1, 0.15) is 45.6 Å². The largest absolute Gasteiger partial charge is 0.299 e. The second-order valence-corrected chi connectivity index (χ2v) is 10.2. The molecule has 1 aromatic carbocycles. The van der Waals surface area contributed by atoms with Crippen molar-refractivity contribution in [3.05, 3.63) is 29.8 Å². The van der Waals surface area contributed by atoms with Crippen molar-refractivity contribution in [2.45, 2.75) is 52.5 Å². The maximum atomic E-state index is 13.4. The zero-order chi connectivity index (χ0) is 17.3. The molecule has 1 aliphatic heterocycles. The fourth-order valence-corrected chi connectivity index (χ4v) is 7.99. The lowest BCUT2D eigenvalue weighted by atomic mass is 9.70. The standard InChI is InChI=1S/C19H25NO3S/c1-13-10-14-6-4-5-7-16(14)20(13)24(22,23)12-19-9-8-15(11-17(19)21)18(19,2)3/h4-7,13,15H,8-12H2,1-3H3/t13-,15+,19-/m1/s1. The molecule has 1 heterocycles. The molecule has 1 aromatic rings. The van der Waals surface area contributed by atoms with Crippen LogP contribution in [0.5, 0.6) is 0 Å². The number of rotatable bonds is 3. The van der Waals surface area contributed by atoms with E-state index in [9.17, 15) is 13.2 Å². The molecule has 4 rings (SSSR count). The number of benzene rings is 1. The number of nitrogens with zero attached hydrogens (tertiary/aromatic N) is 1. The van der Waals surface area contributed by atoms with Crippen LogP contribution in [0.3, 0.4) is 0 Å². The molecule has 3 aliphatic rings. The van der Waals surface area contributed by atoms with E-state index in [2.05, 4.69) is 13.8 Å². The van der Waals surface area contributed by atoms with E-state index in [1.54, 1.807) is 4.31 Å². The number of anilines is 1. The predicted octanol–water partition coefficient (Wildman–Crippen LogP) is 3.16. The number of carbonyl (C=O) groups is 1. The van der Waals surface area contributed by atoms with E-state index in [1.165, 1.54) is 0 Å². The molecule has 0 amide bonds. The zero-order valence-corrected chi connectivity index (χ0v) is 15.4. The van der Waals surface area contributed by atoms with Gasteiger partial charge >= 0.3 is 0 Å². The Labute approximate surface area is 144 Å². The summed E-state index contributed by atoms with van der Waals surface area (Å²) in [5, 5.41) is 0. The van der Waals surface area contributed by atoms with Gasteiger partial charge in [-0.2, -0.15) is 0 Å². The first kappa shape index (κ1) is 16.1. The summed E-state index contributed by atoms with van der Waals surface area (Å²) >= 11 is 0. The Kier molecular flexibility index (Phi) is 3.25. The summed E-state index contributed by atoms with van der Waals surface area (Å²) in [5.41, 5.74) is 0.944. The average Bonchev–Trinajstić information content (AvgIpc) is 3.01. The van der Waals surface area contributed by atoms with Crippen molar-refractivity contribution in [2.24, 2.45) is 16.7 Å². The molecule has 2 fully saturated rings. The van der Waals surface area contributed by atoms with Crippen LogP contribution in [-0.2, 0) is 21.2 Å². The summed E-state index contributed by atoms with van der Waals surface area (Å²) in [5.74, 6) is 0.456. The molecule has 2 bridgehead atoms. The molecule has 5 heteroatoms. The fraction of sp³-hybridized carbons (Fsp3) is 0.632. The van der Waals surface area contributed by atoms with Crippen LogP contribution in [0.2, 0.25) is 0 Å². The molecule has 0 saturated heterocycles. The highest BCUT2D eigenvalue weighted by Crippen LogP contribution is 2.64. The minimum Gasteiger partial charge on any atom is -0.299 e. The first-order valence-corrected chi connectivity index (χ1v) is 10.4. The van der Waals surface area contributed by atoms with E-state index in [0.717, 1.165) is 24.1 Å². The lowest BCUT2D eigenvalue weighted by Crippen LogP contribution is -2.48. The SMILES string of the molecule is C[C@@H]1Cc2ccccc2N1S(=O)(=O)C[C@]12CC[C@@H](CC1=O)C2(C)C. The molecule has 4 nitrogen and oxygen atoms in total. The van der Waals surface area contributed by atoms with Crippen molar-refractivity contribution in [1.82, 2.24) is 0 Å². The summed E-state index contributed by atoms with van der Waals surface area (Å²) in [7, 11) is -3.54. The molecular formula is C19H25NO3S. The molecule has 3 atom stereocenters. The molecular weight excluding hydrogens is 322 g/mol. The van der Waals surface area contributed by atoms with Gasteiger partial charge in [0.2, 0.25) is 10.0 Å². The molecule has 130 valence electrons. The Morgan fingerprint density at radius 1 is 1.21 bits per heavy atom. The average molecular weight is 347 g/mol. The highest BCUT2D eigenvalue weighted by atomic mass is 32.2. The van der Waals surface area contributed by atoms with E-state index in [0.29, 0.717) is 18.8 Å². The quantitative estimate of drug-likeness (QED) is 0.844. The summed E-state index contributed by atoms with van der Waals surface area (Å²) in [6.45, 7) is 6.13. The number of hydrogen-bond acceptors (Lipinski definition) is 3. The smallest absolute Gasteiger partial charge is 0.236 e. The van der Waals surface area contributed by atoms with Gasteiger partial charge < -0.3 is 0 Å². The minimum atomic E-state index is -3.54. The maximum Gasteiger partial charge on any atom is 0.236 e. The first-order valence-electron chi connectivity index (χ1n) is 8.82. The summed E-state index contributed by atoms with van der Waals surface area (Å²) in [4.78, 5) is 12.7. The van der Waals surface area contributed by atoms with E-state index in [4.69, 9.17) is 0 Å². The maximum absolute atomic E-state index is 13.4. The van der Waals surface area contributed by atoms with Crippen molar-refractivity contribution < 1.29 is 13.2 Å². The van der Waals surface area contributed by atoms with Crippen LogP contribution in [0.4, 0.5) is 5.69 Å². The molecule has 0 N–H and O–H groups in total. The van der Waals surface area contributed by atoms with Gasteiger partial charge in [-0.3, -0.25) is 9.10 Å². The third-order valence-corrected chi connectivity index (χ3v) is 9.03. The van der Waals surface area contributed by atoms with Gasteiger partial charge in [-0.05, 0) is 49.1 Å². The molecule has 0 radical (unpaired) electrons. The van der Waals surface area contributed by atoms with Gasteiger partial charge in [-0.1, -0.05) is 32.0 Å². The van der Waals surface area contributed by atoms with Crippen LogP contribution in [-0.4, -0.2) is 26.0 Å². The number of fused-ring (bicyclic) bond motifs is 3. The van der Waals surface area contributed by atoms with Crippen LogP contribution < -0.4 is 4.31 Å². The molecule has 0 aromatic heterocycles. The Morgan fingerprint density at radius 3 is 2.54 bits per heavy atom. The molecule has 24 heavy (non-hydrogen) atoms. The van der Waals surface area contributed by atoms with Gasteiger partial charge in [0.05, 0.1) is 16.9 Å². The fourth-order valence-electron chi connectivity index (χ4n) is 5.45. The Balaban J connectivity index is 1.74. The lowest BCUT2D eigenvalue weighted by Gasteiger charge is -2.38. The van der Waals surface area contributed by atoms with Crippen molar-refractivity contribution in [1.29, 1.82) is 0 Å². The van der Waals surface area contributed by atoms with E-state index < -0.39 is 15.4 Å². The topological polar surface area (TPSA) is 54.5 Å². The van der Waals surface area contributed by atoms with Crippen molar-refractivity contribution in [3.63, 3.8) is 0 Å².